The first-order valence-electron chi connectivity index (χ1n) is 19.5. The van der Waals surface area contributed by atoms with Crippen molar-refractivity contribution in [3.63, 3.8) is 0 Å². The molecule has 1 aromatic heterocycles. The number of nitrogens with zero attached hydrogens (tertiary/aromatic N) is 1. The molecule has 1 atom stereocenters. The molecule has 1 unspecified atom stereocenters. The fourth-order valence-electron chi connectivity index (χ4n) is 7.97. The number of amidine groups is 1. The van der Waals surface area contributed by atoms with E-state index in [1.807, 2.05) is 11.3 Å². The molecule has 10 rings (SSSR count). The van der Waals surface area contributed by atoms with Gasteiger partial charge in [-0.15, -0.1) is 11.3 Å². The predicted molar refractivity (Wildman–Crippen MR) is 243 cm³/mol. The number of thiophene rings is 1. The molecule has 57 heavy (non-hydrogen) atoms. The van der Waals surface area contributed by atoms with Crippen molar-refractivity contribution in [2.24, 2.45) is 10.7 Å². The maximum Gasteiger partial charge on any atom is 0.148 e. The molecule has 0 saturated carbocycles. The molecule has 274 valence electrons. The number of aliphatic imine (C=N–C) groups is 1. The van der Waals surface area contributed by atoms with Gasteiger partial charge < -0.3 is 11.2 Å². The second kappa shape index (κ2) is 15.0. The molecular formula is C52H40N4S. The van der Waals surface area contributed by atoms with Gasteiger partial charge in [0, 0.05) is 31.4 Å². The van der Waals surface area contributed by atoms with Crippen LogP contribution in [-0.4, -0.2) is 5.84 Å². The Labute approximate surface area is 336 Å². The van der Waals surface area contributed by atoms with Crippen molar-refractivity contribution in [3.05, 3.63) is 205 Å². The van der Waals surface area contributed by atoms with Crippen LogP contribution in [0.1, 0.15) is 30.1 Å². The number of nitrogens with one attached hydrogen (secondary N) is 2. The van der Waals surface area contributed by atoms with Gasteiger partial charge in [0.25, 0.3) is 0 Å². The van der Waals surface area contributed by atoms with E-state index in [4.69, 9.17) is 10.7 Å². The molecule has 0 aliphatic heterocycles. The van der Waals surface area contributed by atoms with Crippen molar-refractivity contribution in [2.75, 3.05) is 0 Å². The number of hydrogen-bond donors (Lipinski definition) is 3. The number of hydrogen-bond acceptors (Lipinski definition) is 4. The van der Waals surface area contributed by atoms with Crippen LogP contribution in [0.4, 0.5) is 0 Å². The van der Waals surface area contributed by atoms with Gasteiger partial charge in [0.05, 0.1) is 0 Å². The summed E-state index contributed by atoms with van der Waals surface area (Å²) in [5.74, 6) is 0.682. The lowest BCUT2D eigenvalue weighted by molar-refractivity contribution is 0.694. The Hall–Kier alpha value is -6.79. The molecule has 0 spiro atoms. The molecule has 9 aromatic rings. The number of fused-ring (bicyclic) bond motifs is 6. The average molecular weight is 753 g/mol. The quantitative estimate of drug-likeness (QED) is 0.0627. The van der Waals surface area contributed by atoms with Gasteiger partial charge >= 0.3 is 0 Å². The van der Waals surface area contributed by atoms with E-state index in [-0.39, 0.29) is 0 Å². The molecule has 4 N–H and O–H groups in total. The summed E-state index contributed by atoms with van der Waals surface area (Å²) in [6.45, 7) is 0. The van der Waals surface area contributed by atoms with E-state index >= 15 is 0 Å². The number of benzene rings is 8. The van der Waals surface area contributed by atoms with Crippen molar-refractivity contribution in [2.45, 2.75) is 19.0 Å². The second-order valence-electron chi connectivity index (χ2n) is 14.6. The lowest BCUT2D eigenvalue weighted by atomic mass is 9.93. The summed E-state index contributed by atoms with van der Waals surface area (Å²) in [5, 5.41) is 7.62. The van der Waals surface area contributed by atoms with Gasteiger partial charge in [-0.05, 0) is 104 Å². The zero-order valence-corrected chi connectivity index (χ0v) is 32.1. The van der Waals surface area contributed by atoms with Crippen LogP contribution in [-0.2, 0) is 0 Å². The van der Waals surface area contributed by atoms with Crippen molar-refractivity contribution in [1.82, 2.24) is 10.9 Å². The van der Waals surface area contributed by atoms with E-state index < -0.39 is 6.17 Å². The second-order valence-corrected chi connectivity index (χ2v) is 15.7. The number of rotatable bonds is 8. The molecule has 8 aromatic carbocycles. The van der Waals surface area contributed by atoms with Crippen molar-refractivity contribution < 1.29 is 0 Å². The summed E-state index contributed by atoms with van der Waals surface area (Å²) in [4.78, 5) is 5.06. The zero-order chi connectivity index (χ0) is 38.1. The monoisotopic (exact) mass is 752 g/mol. The molecule has 4 nitrogen and oxygen atoms in total. The van der Waals surface area contributed by atoms with E-state index in [0.29, 0.717) is 5.84 Å². The zero-order valence-electron chi connectivity index (χ0n) is 31.3. The largest absolute Gasteiger partial charge is 0.306 e. The van der Waals surface area contributed by atoms with Gasteiger partial charge in [-0.1, -0.05) is 158 Å². The standard InChI is InChI=1S/C52H40N4S/c53-51(38-26-22-35(23-27-38)34-18-20-36(21-19-34)40-30-31-50-48(32-40)46-16-8-9-17-49(46)57-50)54-52(56-55-42-11-2-1-3-12-42)39-28-24-37(25-29-39)47-33-41-10-4-5-13-43(41)44-14-6-7-15-45(44)47/h1-2,4-11,13-33,51,55H,3,12,53H2,(H,54,56). The highest BCUT2D eigenvalue weighted by Crippen LogP contribution is 2.37. The van der Waals surface area contributed by atoms with Gasteiger partial charge in [0.1, 0.15) is 12.0 Å². The molecule has 1 aliphatic carbocycles. The summed E-state index contributed by atoms with van der Waals surface area (Å²) in [7, 11) is 0. The van der Waals surface area contributed by atoms with Gasteiger partial charge in [0.15, 0.2) is 0 Å². The van der Waals surface area contributed by atoms with Crippen LogP contribution in [0.2, 0.25) is 0 Å². The van der Waals surface area contributed by atoms with E-state index in [1.165, 1.54) is 58.4 Å². The van der Waals surface area contributed by atoms with Gasteiger partial charge in [-0.25, -0.2) is 4.99 Å². The Morgan fingerprint density at radius 3 is 1.93 bits per heavy atom. The van der Waals surface area contributed by atoms with Crippen LogP contribution >= 0.6 is 11.3 Å². The molecule has 1 heterocycles. The highest BCUT2D eigenvalue weighted by molar-refractivity contribution is 7.25. The number of nitrogens with two attached hydrogens (primary N) is 1. The number of hydrazine groups is 1. The first-order valence-corrected chi connectivity index (χ1v) is 20.3. The molecule has 0 bridgehead atoms. The smallest absolute Gasteiger partial charge is 0.148 e. The fourth-order valence-corrected chi connectivity index (χ4v) is 9.06. The maximum absolute atomic E-state index is 6.84. The van der Waals surface area contributed by atoms with Crippen LogP contribution in [0.25, 0.3) is 75.1 Å². The normalized spacial score (nSPS) is 13.6. The predicted octanol–water partition coefficient (Wildman–Crippen LogP) is 13.1. The summed E-state index contributed by atoms with van der Waals surface area (Å²) in [6, 6.07) is 60.9. The Morgan fingerprint density at radius 1 is 0.561 bits per heavy atom. The van der Waals surface area contributed by atoms with Crippen LogP contribution in [0.15, 0.2) is 199 Å². The first-order chi connectivity index (χ1) is 28.1. The topological polar surface area (TPSA) is 62.4 Å². The van der Waals surface area contributed by atoms with Crippen LogP contribution in [0, 0.1) is 0 Å². The minimum absolute atomic E-state index is 0.571. The van der Waals surface area contributed by atoms with Crippen molar-refractivity contribution >= 4 is 58.9 Å². The summed E-state index contributed by atoms with van der Waals surface area (Å²) in [5.41, 5.74) is 23.7. The third-order valence-electron chi connectivity index (χ3n) is 11.0. The molecule has 1 aliphatic rings. The lowest BCUT2D eigenvalue weighted by Crippen LogP contribution is -2.38. The third-order valence-corrected chi connectivity index (χ3v) is 12.2. The van der Waals surface area contributed by atoms with Crippen LogP contribution < -0.4 is 16.6 Å². The molecule has 0 saturated heterocycles. The maximum atomic E-state index is 6.84. The Balaban J connectivity index is 0.911. The molecule has 0 fully saturated rings. The van der Waals surface area contributed by atoms with E-state index in [9.17, 15) is 0 Å². The van der Waals surface area contributed by atoms with E-state index in [1.54, 1.807) is 0 Å². The minimum Gasteiger partial charge on any atom is -0.306 e. The SMILES string of the molecule is NC(N=C(NNC1=CC=CCC1)c1ccc(-c2cc3ccccc3c3ccccc23)cc1)c1ccc(-c2ccc(-c3ccc4sc5ccccc5c4c3)cc2)cc1. The Bertz CT molecular complexity index is 3010. The van der Waals surface area contributed by atoms with E-state index in [2.05, 4.69) is 199 Å². The summed E-state index contributed by atoms with van der Waals surface area (Å²) in [6.07, 6.45) is 7.71. The molecule has 0 amide bonds. The highest BCUT2D eigenvalue weighted by atomic mass is 32.1. The fraction of sp³-hybridized carbons (Fsp3) is 0.0577. The van der Waals surface area contributed by atoms with Gasteiger partial charge in [-0.3, -0.25) is 5.43 Å². The third kappa shape index (κ3) is 6.89. The van der Waals surface area contributed by atoms with Crippen LogP contribution in [0.5, 0.6) is 0 Å². The van der Waals surface area contributed by atoms with Gasteiger partial charge in [-0.2, -0.15) is 0 Å². The molecule has 0 radical (unpaired) electrons. The van der Waals surface area contributed by atoms with Gasteiger partial charge in [0.2, 0.25) is 0 Å². The lowest BCUT2D eigenvalue weighted by Gasteiger charge is -2.18. The first kappa shape index (κ1) is 34.7. The van der Waals surface area contributed by atoms with Crippen LogP contribution in [0.3, 0.4) is 0 Å². The molecule has 5 heteroatoms. The van der Waals surface area contributed by atoms with Crippen molar-refractivity contribution in [1.29, 1.82) is 0 Å². The highest BCUT2D eigenvalue weighted by Gasteiger charge is 2.14. The van der Waals surface area contributed by atoms with E-state index in [0.717, 1.165) is 46.4 Å². The minimum atomic E-state index is -0.571. The Morgan fingerprint density at radius 2 is 1.18 bits per heavy atom. The average Bonchev–Trinajstić information content (AvgIpc) is 3.66. The summed E-state index contributed by atoms with van der Waals surface area (Å²) >= 11 is 1.85. The van der Waals surface area contributed by atoms with Crippen molar-refractivity contribution in [3.8, 4) is 33.4 Å². The number of allylic oxidation sites excluding steroid dienone is 4. The Kier molecular flexibility index (Phi) is 9.15. The molecular weight excluding hydrogens is 713 g/mol. The summed E-state index contributed by atoms with van der Waals surface area (Å²) < 4.78 is 2.65.